The molecule has 3 N–H and O–H groups in total. The van der Waals surface area contributed by atoms with Gasteiger partial charge < -0.3 is 20.5 Å². The second-order valence-corrected chi connectivity index (χ2v) is 9.43. The minimum atomic E-state index is -0.0195. The molecule has 1 unspecified atom stereocenters. The molecule has 182 valence electrons. The first-order valence-corrected chi connectivity index (χ1v) is 12.4. The highest BCUT2D eigenvalue weighted by atomic mass is 16.5. The number of anilines is 2. The van der Waals surface area contributed by atoms with Crippen LogP contribution >= 0.6 is 0 Å². The van der Waals surface area contributed by atoms with Gasteiger partial charge in [-0.2, -0.15) is 0 Å². The summed E-state index contributed by atoms with van der Waals surface area (Å²) < 4.78 is 6.18. The van der Waals surface area contributed by atoms with Gasteiger partial charge in [0.25, 0.3) is 0 Å². The lowest BCUT2D eigenvalue weighted by molar-refractivity contribution is 0.201. The fourth-order valence-electron chi connectivity index (χ4n) is 4.42. The average molecular weight is 461 g/mol. The van der Waals surface area contributed by atoms with Gasteiger partial charge in [-0.1, -0.05) is 31.2 Å². The number of aliphatic hydroxyl groups excluding tert-OH is 1. The van der Waals surface area contributed by atoms with Crippen molar-refractivity contribution >= 4 is 11.4 Å². The third kappa shape index (κ3) is 5.74. The summed E-state index contributed by atoms with van der Waals surface area (Å²) in [5, 5.41) is 16.5. The maximum absolute atomic E-state index is 9.49. The molecule has 0 aliphatic heterocycles. The van der Waals surface area contributed by atoms with E-state index in [1.165, 1.54) is 22.3 Å². The molecule has 1 atom stereocenters. The molecule has 0 aliphatic rings. The van der Waals surface area contributed by atoms with Gasteiger partial charge in [-0.25, -0.2) is 0 Å². The Morgan fingerprint density at radius 3 is 1.74 bits per heavy atom. The number of benzene rings is 3. The first kappa shape index (κ1) is 25.6. The highest BCUT2D eigenvalue weighted by Gasteiger charge is 2.21. The zero-order valence-electron chi connectivity index (χ0n) is 21.8. The monoisotopic (exact) mass is 460 g/mol. The van der Waals surface area contributed by atoms with E-state index in [2.05, 4.69) is 108 Å². The summed E-state index contributed by atoms with van der Waals surface area (Å²) in [6.45, 7) is 15.4. The molecule has 4 nitrogen and oxygen atoms in total. The second-order valence-electron chi connectivity index (χ2n) is 9.43. The Bertz CT molecular complexity index is 1090. The Kier molecular flexibility index (Phi) is 8.62. The van der Waals surface area contributed by atoms with Gasteiger partial charge in [-0.05, 0) is 106 Å². The molecule has 0 aliphatic carbocycles. The van der Waals surface area contributed by atoms with Crippen molar-refractivity contribution in [2.75, 3.05) is 23.8 Å². The van der Waals surface area contributed by atoms with Crippen LogP contribution in [0.4, 0.5) is 11.4 Å². The molecule has 0 bridgehead atoms. The maximum atomic E-state index is 9.49. The molecular formula is C30H40N2O2. The molecular weight excluding hydrogens is 420 g/mol. The van der Waals surface area contributed by atoms with E-state index in [0.29, 0.717) is 12.1 Å². The fraction of sp³-hybridized carbons (Fsp3) is 0.400. The van der Waals surface area contributed by atoms with E-state index in [0.717, 1.165) is 40.2 Å². The predicted molar refractivity (Wildman–Crippen MR) is 146 cm³/mol. The van der Waals surface area contributed by atoms with Crippen molar-refractivity contribution in [1.29, 1.82) is 0 Å². The van der Waals surface area contributed by atoms with Crippen LogP contribution in [0.1, 0.15) is 50.8 Å². The summed E-state index contributed by atoms with van der Waals surface area (Å²) in [6, 6.07) is 18.0. The van der Waals surface area contributed by atoms with E-state index < -0.39 is 0 Å². The number of rotatable bonds is 10. The highest BCUT2D eigenvalue weighted by Crippen LogP contribution is 2.44. The van der Waals surface area contributed by atoms with Crippen molar-refractivity contribution in [3.8, 4) is 28.0 Å². The number of ether oxygens (including phenoxy) is 1. The third-order valence-electron chi connectivity index (χ3n) is 6.42. The first-order valence-electron chi connectivity index (χ1n) is 12.4. The lowest BCUT2D eigenvalue weighted by Crippen LogP contribution is -2.13. The van der Waals surface area contributed by atoms with Gasteiger partial charge >= 0.3 is 0 Å². The molecule has 3 aromatic rings. The first-order chi connectivity index (χ1) is 16.3. The van der Waals surface area contributed by atoms with E-state index in [9.17, 15) is 5.11 Å². The van der Waals surface area contributed by atoms with E-state index in [-0.39, 0.29) is 13.2 Å². The van der Waals surface area contributed by atoms with Crippen LogP contribution in [0.5, 0.6) is 5.75 Å². The number of hydrogen-bond donors (Lipinski definition) is 3. The molecule has 0 heterocycles. The second kappa shape index (κ2) is 11.4. The summed E-state index contributed by atoms with van der Waals surface area (Å²) in [5.41, 5.74) is 10.4. The Balaban J connectivity index is 2.09. The molecule has 0 fully saturated rings. The smallest absolute Gasteiger partial charge is 0.131 e. The molecule has 0 spiro atoms. The Labute approximate surface area is 205 Å². The van der Waals surface area contributed by atoms with Crippen LogP contribution in [0.25, 0.3) is 22.3 Å². The minimum Gasteiger partial charge on any atom is -0.490 e. The topological polar surface area (TPSA) is 53.5 Å². The van der Waals surface area contributed by atoms with Crippen molar-refractivity contribution in [1.82, 2.24) is 0 Å². The Morgan fingerprint density at radius 2 is 1.24 bits per heavy atom. The summed E-state index contributed by atoms with van der Waals surface area (Å²) in [4.78, 5) is 0. The van der Waals surface area contributed by atoms with Crippen molar-refractivity contribution < 1.29 is 9.84 Å². The van der Waals surface area contributed by atoms with Gasteiger partial charge in [0.2, 0.25) is 0 Å². The van der Waals surface area contributed by atoms with E-state index in [1.807, 2.05) is 0 Å². The lowest BCUT2D eigenvalue weighted by Gasteiger charge is -2.23. The molecule has 3 rings (SSSR count). The normalized spacial score (nSPS) is 12.0. The zero-order valence-corrected chi connectivity index (χ0v) is 21.8. The SMILES string of the molecule is CCC(C)Nc1ccc(-c2c(C)c(C)c(-c3ccc(NC(C)C)cc3)c(OCCO)c2C)cc1. The summed E-state index contributed by atoms with van der Waals surface area (Å²) in [7, 11) is 0. The molecule has 34 heavy (non-hydrogen) atoms. The van der Waals surface area contributed by atoms with Gasteiger partial charge in [-0.15, -0.1) is 0 Å². The van der Waals surface area contributed by atoms with Crippen LogP contribution in [-0.2, 0) is 0 Å². The van der Waals surface area contributed by atoms with Crippen LogP contribution < -0.4 is 15.4 Å². The van der Waals surface area contributed by atoms with E-state index >= 15 is 0 Å². The Morgan fingerprint density at radius 1 is 0.735 bits per heavy atom. The van der Waals surface area contributed by atoms with Crippen LogP contribution in [0.3, 0.4) is 0 Å². The van der Waals surface area contributed by atoms with E-state index in [1.54, 1.807) is 0 Å². The molecule has 4 heteroatoms. The van der Waals surface area contributed by atoms with Crippen LogP contribution in [-0.4, -0.2) is 30.4 Å². The summed E-state index contributed by atoms with van der Waals surface area (Å²) >= 11 is 0. The van der Waals surface area contributed by atoms with Crippen molar-refractivity contribution in [2.24, 2.45) is 0 Å². The Hall–Kier alpha value is -2.98. The molecule has 0 aromatic heterocycles. The highest BCUT2D eigenvalue weighted by molar-refractivity contribution is 5.86. The van der Waals surface area contributed by atoms with Gasteiger partial charge in [0.15, 0.2) is 0 Å². The van der Waals surface area contributed by atoms with Gasteiger partial charge in [-0.3, -0.25) is 0 Å². The van der Waals surface area contributed by atoms with Crippen molar-refractivity contribution in [3.05, 3.63) is 65.2 Å². The molecule has 0 saturated heterocycles. The van der Waals surface area contributed by atoms with Gasteiger partial charge in [0, 0.05) is 29.0 Å². The third-order valence-corrected chi connectivity index (χ3v) is 6.42. The average Bonchev–Trinajstić information content (AvgIpc) is 2.82. The lowest BCUT2D eigenvalue weighted by atomic mass is 9.86. The maximum Gasteiger partial charge on any atom is 0.131 e. The molecule has 0 amide bonds. The number of hydrogen-bond acceptors (Lipinski definition) is 4. The van der Waals surface area contributed by atoms with Crippen molar-refractivity contribution in [3.63, 3.8) is 0 Å². The minimum absolute atomic E-state index is 0.0195. The van der Waals surface area contributed by atoms with Gasteiger partial charge in [0.05, 0.1) is 6.61 Å². The molecule has 0 saturated carbocycles. The van der Waals surface area contributed by atoms with Crippen LogP contribution in [0, 0.1) is 20.8 Å². The predicted octanol–water partition coefficient (Wildman–Crippen LogP) is 7.35. The summed E-state index contributed by atoms with van der Waals surface area (Å²) in [6.07, 6.45) is 1.08. The van der Waals surface area contributed by atoms with Crippen molar-refractivity contribution in [2.45, 2.75) is 67.0 Å². The van der Waals surface area contributed by atoms with Gasteiger partial charge in [0.1, 0.15) is 12.4 Å². The number of aliphatic hydroxyl groups is 1. The fourth-order valence-corrected chi connectivity index (χ4v) is 4.42. The standard InChI is InChI=1S/C30H40N2O2/c1-8-20(4)32-27-15-9-24(10-16-27)28-21(5)22(6)29(30(23(28)7)34-18-17-33)25-11-13-26(14-12-25)31-19(2)3/h9-16,19-20,31-33H,8,17-18H2,1-7H3. The molecule has 3 aromatic carbocycles. The zero-order chi connectivity index (χ0) is 24.8. The van der Waals surface area contributed by atoms with E-state index in [4.69, 9.17) is 4.74 Å². The van der Waals surface area contributed by atoms with Crippen LogP contribution in [0.15, 0.2) is 48.5 Å². The largest absolute Gasteiger partial charge is 0.490 e. The summed E-state index contributed by atoms with van der Waals surface area (Å²) in [5.74, 6) is 0.846. The number of nitrogens with one attached hydrogen (secondary N) is 2. The quantitative estimate of drug-likeness (QED) is 0.296. The molecule has 0 radical (unpaired) electrons. The van der Waals surface area contributed by atoms with Crippen LogP contribution in [0.2, 0.25) is 0 Å².